The van der Waals surface area contributed by atoms with E-state index in [1.807, 2.05) is 0 Å². The molecule has 5 heteroatoms. The molecule has 0 fully saturated rings. The average Bonchev–Trinajstić information content (AvgIpc) is 2.09. The van der Waals surface area contributed by atoms with Crippen molar-refractivity contribution in [1.82, 2.24) is 0 Å². The fourth-order valence-corrected chi connectivity index (χ4v) is 0.836. The molecule has 0 bridgehead atoms. The Morgan fingerprint density at radius 2 is 2.33 bits per heavy atom. The van der Waals surface area contributed by atoms with Gasteiger partial charge >= 0.3 is 0 Å². The summed E-state index contributed by atoms with van der Waals surface area (Å²) in [6, 6.07) is 3.87. The van der Waals surface area contributed by atoms with Crippen LogP contribution in [0, 0.1) is 10.7 Å². The van der Waals surface area contributed by atoms with Crippen LogP contribution in [0.2, 0.25) is 6.82 Å². The largest absolute Gasteiger partial charge is 0.430 e. The lowest BCUT2D eigenvalue weighted by Gasteiger charge is -2.03. The molecule has 0 aliphatic carbocycles. The van der Waals surface area contributed by atoms with Gasteiger partial charge in [0.05, 0.1) is 5.69 Å². The van der Waals surface area contributed by atoms with Gasteiger partial charge in [-0.15, -0.1) is 4.91 Å². The van der Waals surface area contributed by atoms with Gasteiger partial charge in [0.25, 0.3) is 0 Å². The first kappa shape index (κ1) is 8.71. The molecule has 0 saturated heterocycles. The van der Waals surface area contributed by atoms with E-state index in [2.05, 4.69) is 10.4 Å². The third kappa shape index (κ3) is 1.81. The lowest BCUT2D eigenvalue weighted by Crippen LogP contribution is -2.02. The van der Waals surface area contributed by atoms with Crippen LogP contribution < -0.4 is 5.23 Å². The van der Waals surface area contributed by atoms with Crippen molar-refractivity contribution >= 4 is 18.8 Å². The fraction of sp³-hybridized carbons (Fsp3) is 0.143. The zero-order valence-corrected chi connectivity index (χ0v) is 6.54. The van der Waals surface area contributed by atoms with Gasteiger partial charge in [0, 0.05) is 0 Å². The molecular formula is C7H7BFN2O. The van der Waals surface area contributed by atoms with Crippen LogP contribution in [0.15, 0.2) is 23.4 Å². The molecular weight excluding hydrogens is 158 g/mol. The Kier molecular flexibility index (Phi) is 2.79. The van der Waals surface area contributed by atoms with E-state index in [0.717, 1.165) is 0 Å². The number of nitrogens with zero attached hydrogens (tertiary/aromatic N) is 1. The van der Waals surface area contributed by atoms with Crippen molar-refractivity contribution in [2.24, 2.45) is 5.18 Å². The highest BCUT2D eigenvalue weighted by Gasteiger charge is 2.01. The fourth-order valence-electron chi connectivity index (χ4n) is 0.836. The average molecular weight is 165 g/mol. The Labute approximate surface area is 70.2 Å². The number of nitrogens with one attached hydrogen (secondary N) is 1. The second kappa shape index (κ2) is 3.85. The minimum Gasteiger partial charge on any atom is -0.430 e. The molecule has 0 amide bonds. The zero-order chi connectivity index (χ0) is 8.97. The third-order valence-corrected chi connectivity index (χ3v) is 1.36. The summed E-state index contributed by atoms with van der Waals surface area (Å²) >= 11 is 0. The minimum atomic E-state index is -0.402. The van der Waals surface area contributed by atoms with Gasteiger partial charge in [-0.2, -0.15) is 0 Å². The maximum Gasteiger partial charge on any atom is 0.239 e. The van der Waals surface area contributed by atoms with E-state index < -0.39 is 5.82 Å². The molecule has 0 aliphatic rings. The van der Waals surface area contributed by atoms with Gasteiger partial charge in [0.15, 0.2) is 0 Å². The first-order chi connectivity index (χ1) is 5.77. The Morgan fingerprint density at radius 3 is 2.92 bits per heavy atom. The maximum absolute atomic E-state index is 12.9. The zero-order valence-electron chi connectivity index (χ0n) is 6.54. The maximum atomic E-state index is 12.9. The highest BCUT2D eigenvalue weighted by Crippen LogP contribution is 2.20. The van der Waals surface area contributed by atoms with Gasteiger partial charge < -0.3 is 5.23 Å². The van der Waals surface area contributed by atoms with E-state index in [1.165, 1.54) is 18.2 Å². The van der Waals surface area contributed by atoms with E-state index in [4.69, 9.17) is 0 Å². The van der Waals surface area contributed by atoms with Crippen molar-refractivity contribution in [3.63, 3.8) is 0 Å². The summed E-state index contributed by atoms with van der Waals surface area (Å²) in [6.45, 7) is 1.72. The van der Waals surface area contributed by atoms with Crippen molar-refractivity contribution in [2.45, 2.75) is 6.82 Å². The highest BCUT2D eigenvalue weighted by molar-refractivity contribution is 6.38. The second-order valence-electron chi connectivity index (χ2n) is 2.19. The summed E-state index contributed by atoms with van der Waals surface area (Å²) in [4.78, 5) is 10.1. The van der Waals surface area contributed by atoms with Crippen LogP contribution in [0.3, 0.4) is 0 Å². The van der Waals surface area contributed by atoms with Crippen LogP contribution in [-0.2, 0) is 0 Å². The van der Waals surface area contributed by atoms with Gasteiger partial charge in [-0.25, -0.2) is 4.39 Å². The van der Waals surface area contributed by atoms with E-state index in [9.17, 15) is 9.30 Å². The molecule has 0 heterocycles. The molecule has 1 aromatic rings. The molecule has 0 aromatic heterocycles. The van der Waals surface area contributed by atoms with Crippen molar-refractivity contribution in [3.05, 3.63) is 28.9 Å². The van der Waals surface area contributed by atoms with Crippen LogP contribution in [-0.4, -0.2) is 7.41 Å². The van der Waals surface area contributed by atoms with E-state index in [1.54, 1.807) is 14.2 Å². The van der Waals surface area contributed by atoms with Crippen LogP contribution in [0.25, 0.3) is 0 Å². The summed E-state index contributed by atoms with van der Waals surface area (Å²) < 4.78 is 12.9. The molecule has 1 aromatic carbocycles. The third-order valence-electron chi connectivity index (χ3n) is 1.36. The lowest BCUT2D eigenvalue weighted by atomic mass is 9.99. The van der Waals surface area contributed by atoms with Crippen LogP contribution in [0.1, 0.15) is 0 Å². The van der Waals surface area contributed by atoms with Crippen molar-refractivity contribution in [1.29, 1.82) is 0 Å². The van der Waals surface area contributed by atoms with Crippen LogP contribution >= 0.6 is 0 Å². The number of nitroso groups, excluding NO2 is 1. The Hall–Kier alpha value is -1.39. The summed E-state index contributed by atoms with van der Waals surface area (Å²) in [5, 5.41) is 5.34. The lowest BCUT2D eigenvalue weighted by molar-refractivity contribution is 0.632. The molecule has 0 spiro atoms. The second-order valence-corrected chi connectivity index (χ2v) is 2.19. The summed E-state index contributed by atoms with van der Waals surface area (Å²) in [6.07, 6.45) is 0. The van der Waals surface area contributed by atoms with Crippen molar-refractivity contribution in [3.8, 4) is 0 Å². The number of halogens is 1. The SMILES string of the molecule is C[B]Nc1cc(N=O)ccc1F. The molecule has 0 saturated carbocycles. The number of rotatable bonds is 3. The van der Waals surface area contributed by atoms with Gasteiger partial charge in [-0.05, 0) is 23.4 Å². The van der Waals surface area contributed by atoms with Crippen LogP contribution in [0.4, 0.5) is 15.8 Å². The van der Waals surface area contributed by atoms with Gasteiger partial charge in [0.2, 0.25) is 7.41 Å². The summed E-state index contributed by atoms with van der Waals surface area (Å²) in [5.74, 6) is -0.402. The molecule has 61 valence electrons. The molecule has 0 unspecified atom stereocenters. The first-order valence-electron chi connectivity index (χ1n) is 3.45. The first-order valence-corrected chi connectivity index (χ1v) is 3.45. The Morgan fingerprint density at radius 1 is 1.58 bits per heavy atom. The molecule has 3 nitrogen and oxygen atoms in total. The van der Waals surface area contributed by atoms with Gasteiger partial charge in [0.1, 0.15) is 11.5 Å². The van der Waals surface area contributed by atoms with E-state index in [0.29, 0.717) is 0 Å². The minimum absolute atomic E-state index is 0.209. The molecule has 12 heavy (non-hydrogen) atoms. The highest BCUT2D eigenvalue weighted by atomic mass is 19.1. The standard InChI is InChI=1S/C7H7BFN2O/c1-8-10-7-4-5(11-12)2-3-6(7)9/h2-4,10H,1H3. The smallest absolute Gasteiger partial charge is 0.239 e. The predicted octanol–water partition coefficient (Wildman–Crippen LogP) is 2.30. The molecule has 1 rings (SSSR count). The number of hydrogen-bond acceptors (Lipinski definition) is 3. The molecule has 0 aliphatic heterocycles. The molecule has 0 atom stereocenters. The molecule has 1 N–H and O–H groups in total. The quantitative estimate of drug-likeness (QED) is 0.551. The summed E-state index contributed by atoms with van der Waals surface area (Å²) in [7, 11) is 1.58. The topological polar surface area (TPSA) is 41.5 Å². The Bertz CT molecular complexity index is 293. The van der Waals surface area contributed by atoms with Gasteiger partial charge in [-0.1, -0.05) is 6.82 Å². The van der Waals surface area contributed by atoms with Crippen molar-refractivity contribution < 1.29 is 4.39 Å². The summed E-state index contributed by atoms with van der Waals surface area (Å²) in [5.41, 5.74) is 0.468. The van der Waals surface area contributed by atoms with E-state index in [-0.39, 0.29) is 11.4 Å². The predicted molar refractivity (Wildman–Crippen MR) is 47.1 cm³/mol. The number of hydrogen-bond donors (Lipinski definition) is 1. The number of anilines is 1. The van der Waals surface area contributed by atoms with Gasteiger partial charge in [-0.3, -0.25) is 0 Å². The molecule has 1 radical (unpaired) electrons. The van der Waals surface area contributed by atoms with Crippen LogP contribution in [0.5, 0.6) is 0 Å². The Balaban J connectivity index is 2.99. The van der Waals surface area contributed by atoms with Crippen molar-refractivity contribution in [2.75, 3.05) is 5.23 Å². The number of benzene rings is 1. The monoisotopic (exact) mass is 165 g/mol. The normalized spacial score (nSPS) is 9.17. The van der Waals surface area contributed by atoms with E-state index >= 15 is 0 Å².